The summed E-state index contributed by atoms with van der Waals surface area (Å²) in [4.78, 5) is 24.5. The van der Waals surface area contributed by atoms with Gasteiger partial charge in [-0.3, -0.25) is 9.59 Å². The molecule has 2 rings (SSSR count). The van der Waals surface area contributed by atoms with E-state index in [-0.39, 0.29) is 0 Å². The van der Waals surface area contributed by atoms with Crippen molar-refractivity contribution in [2.45, 2.75) is 13.0 Å². The molecule has 1 N–H and O–H groups in total. The number of carbonyl (C=O) groups excluding carboxylic acids is 2. The van der Waals surface area contributed by atoms with Crippen LogP contribution in [0.3, 0.4) is 0 Å². The van der Waals surface area contributed by atoms with Gasteiger partial charge in [-0.2, -0.15) is 0 Å². The van der Waals surface area contributed by atoms with Crippen LogP contribution in [0, 0.1) is 0 Å². The Morgan fingerprint density at radius 3 is 2.17 bits per heavy atom. The molecule has 2 aromatic rings. The minimum Gasteiger partial charge on any atom is -0.497 e. The molecule has 0 radical (unpaired) electrons. The van der Waals surface area contributed by atoms with Crippen molar-refractivity contribution in [3.63, 3.8) is 0 Å². The molecule has 0 aliphatic carbocycles. The van der Waals surface area contributed by atoms with Gasteiger partial charge in [0.15, 0.2) is 0 Å². The van der Waals surface area contributed by atoms with E-state index in [1.165, 1.54) is 0 Å². The number of ether oxygens (including phenoxy) is 1. The third-order valence-corrected chi connectivity index (χ3v) is 3.46. The van der Waals surface area contributed by atoms with Crippen molar-refractivity contribution < 1.29 is 14.3 Å². The van der Waals surface area contributed by atoms with Gasteiger partial charge in [-0.05, 0) is 36.8 Å². The maximum absolute atomic E-state index is 12.3. The van der Waals surface area contributed by atoms with E-state index in [0.717, 1.165) is 11.1 Å². The van der Waals surface area contributed by atoms with E-state index < -0.39 is 17.7 Å². The first-order valence-electron chi connectivity index (χ1n) is 7.22. The monoisotopic (exact) mass is 309 g/mol. The van der Waals surface area contributed by atoms with Crippen molar-refractivity contribution >= 4 is 11.7 Å². The van der Waals surface area contributed by atoms with Crippen LogP contribution in [-0.2, 0) is 4.79 Å². The summed E-state index contributed by atoms with van der Waals surface area (Å²) in [5.41, 5.74) is 1.96. The van der Waals surface area contributed by atoms with Crippen molar-refractivity contribution in [3.8, 4) is 5.75 Å². The second-order valence-electron chi connectivity index (χ2n) is 5.22. The van der Waals surface area contributed by atoms with Gasteiger partial charge >= 0.3 is 0 Å². The molecule has 0 unspecified atom stereocenters. The Balaban J connectivity index is 2.15. The van der Waals surface area contributed by atoms with Crippen LogP contribution in [0.25, 0.3) is 0 Å². The van der Waals surface area contributed by atoms with Crippen LogP contribution in [0.1, 0.15) is 28.9 Å². The Morgan fingerprint density at radius 2 is 1.65 bits per heavy atom. The number of amides is 1. The lowest BCUT2D eigenvalue weighted by molar-refractivity contribution is -0.117. The van der Waals surface area contributed by atoms with Crippen molar-refractivity contribution in [1.82, 2.24) is 5.32 Å². The summed E-state index contributed by atoms with van der Waals surface area (Å²) >= 11 is 0. The van der Waals surface area contributed by atoms with Gasteiger partial charge in [0, 0.05) is 5.56 Å². The Morgan fingerprint density at radius 1 is 1.04 bits per heavy atom. The van der Waals surface area contributed by atoms with Crippen molar-refractivity contribution in [1.29, 1.82) is 0 Å². The molecule has 0 spiro atoms. The van der Waals surface area contributed by atoms with Gasteiger partial charge in [0.2, 0.25) is 5.78 Å². The average molecular weight is 309 g/mol. The predicted octanol–water partition coefficient (Wildman–Crippen LogP) is 3.31. The summed E-state index contributed by atoms with van der Waals surface area (Å²) in [7, 11) is 1.54. The molecular weight excluding hydrogens is 290 g/mol. The van der Waals surface area contributed by atoms with Gasteiger partial charge in [0.05, 0.1) is 13.2 Å². The van der Waals surface area contributed by atoms with Crippen LogP contribution in [-0.4, -0.2) is 18.8 Å². The Kier molecular flexibility index (Phi) is 5.31. The number of methoxy groups -OCH3 is 1. The summed E-state index contributed by atoms with van der Waals surface area (Å²) in [6.45, 7) is 5.71. The number of ketones is 1. The van der Waals surface area contributed by atoms with E-state index in [1.807, 2.05) is 37.3 Å². The molecule has 0 aliphatic heterocycles. The number of hydrogen-bond acceptors (Lipinski definition) is 3. The van der Waals surface area contributed by atoms with Crippen LogP contribution < -0.4 is 10.1 Å². The normalized spacial score (nSPS) is 11.4. The molecular formula is C19H19NO3. The average Bonchev–Trinajstić information content (AvgIpc) is 2.59. The minimum absolute atomic E-state index is 0.317. The van der Waals surface area contributed by atoms with Crippen LogP contribution in [0.4, 0.5) is 0 Å². The summed E-state index contributed by atoms with van der Waals surface area (Å²) in [5, 5.41) is 2.74. The zero-order chi connectivity index (χ0) is 16.8. The number of rotatable bonds is 6. The van der Waals surface area contributed by atoms with Crippen LogP contribution in [0.5, 0.6) is 5.75 Å². The van der Waals surface area contributed by atoms with Crippen LogP contribution >= 0.6 is 0 Å². The van der Waals surface area contributed by atoms with Crippen molar-refractivity contribution in [3.05, 3.63) is 77.9 Å². The van der Waals surface area contributed by atoms with Crippen LogP contribution in [0.2, 0.25) is 0 Å². The van der Waals surface area contributed by atoms with E-state index in [4.69, 9.17) is 4.74 Å². The quantitative estimate of drug-likeness (QED) is 0.506. The standard InChI is InChI=1S/C19H19NO3/c1-13(2)17(14-7-5-4-6-8-14)20-19(22)18(21)15-9-11-16(23-3)12-10-15/h4-12,17H,1H2,2-3H3,(H,20,22)/t17-/m0/s1. The first kappa shape index (κ1) is 16.5. The van der Waals surface area contributed by atoms with Gasteiger partial charge in [0.1, 0.15) is 5.75 Å². The first-order valence-corrected chi connectivity index (χ1v) is 7.22. The molecule has 118 valence electrons. The lowest BCUT2D eigenvalue weighted by Crippen LogP contribution is -2.34. The molecule has 4 nitrogen and oxygen atoms in total. The maximum atomic E-state index is 12.3. The summed E-state index contributed by atoms with van der Waals surface area (Å²) in [5.74, 6) is -0.618. The Labute approximate surface area is 135 Å². The van der Waals surface area contributed by atoms with E-state index in [9.17, 15) is 9.59 Å². The number of nitrogens with one attached hydrogen (secondary N) is 1. The molecule has 4 heteroatoms. The number of benzene rings is 2. The smallest absolute Gasteiger partial charge is 0.293 e. The molecule has 0 aromatic heterocycles. The zero-order valence-corrected chi connectivity index (χ0v) is 13.2. The second kappa shape index (κ2) is 7.40. The number of hydrogen-bond donors (Lipinski definition) is 1. The molecule has 0 saturated heterocycles. The highest BCUT2D eigenvalue weighted by atomic mass is 16.5. The molecule has 23 heavy (non-hydrogen) atoms. The van der Waals surface area contributed by atoms with E-state index >= 15 is 0 Å². The topological polar surface area (TPSA) is 55.4 Å². The summed E-state index contributed by atoms with van der Waals surface area (Å²) < 4.78 is 5.04. The molecule has 0 bridgehead atoms. The summed E-state index contributed by atoms with van der Waals surface area (Å²) in [6, 6.07) is 15.5. The van der Waals surface area contributed by atoms with Crippen molar-refractivity contribution in [2.24, 2.45) is 0 Å². The number of Topliss-reactive ketones (excluding diaryl/α,β-unsaturated/α-hetero) is 1. The van der Waals surface area contributed by atoms with Gasteiger partial charge in [0.25, 0.3) is 5.91 Å². The van der Waals surface area contributed by atoms with E-state index in [1.54, 1.807) is 31.4 Å². The van der Waals surface area contributed by atoms with Gasteiger partial charge < -0.3 is 10.1 Å². The molecule has 0 saturated carbocycles. The van der Waals surface area contributed by atoms with Gasteiger partial charge in [-0.1, -0.05) is 42.5 Å². The highest BCUT2D eigenvalue weighted by Gasteiger charge is 2.21. The summed E-state index contributed by atoms with van der Waals surface area (Å²) in [6.07, 6.45) is 0. The molecule has 0 heterocycles. The van der Waals surface area contributed by atoms with Crippen LogP contribution in [0.15, 0.2) is 66.7 Å². The fourth-order valence-electron chi connectivity index (χ4n) is 2.21. The van der Waals surface area contributed by atoms with Crippen molar-refractivity contribution in [2.75, 3.05) is 7.11 Å². The highest BCUT2D eigenvalue weighted by Crippen LogP contribution is 2.20. The van der Waals surface area contributed by atoms with E-state index in [2.05, 4.69) is 11.9 Å². The number of carbonyl (C=O) groups is 2. The lowest BCUT2D eigenvalue weighted by atomic mass is 10.0. The van der Waals surface area contributed by atoms with Gasteiger partial charge in [-0.25, -0.2) is 0 Å². The molecule has 1 amide bonds. The van der Waals surface area contributed by atoms with Gasteiger partial charge in [-0.15, -0.1) is 0 Å². The third-order valence-electron chi connectivity index (χ3n) is 3.46. The lowest BCUT2D eigenvalue weighted by Gasteiger charge is -2.19. The molecule has 0 aliphatic rings. The van der Waals surface area contributed by atoms with E-state index in [0.29, 0.717) is 11.3 Å². The second-order valence-corrected chi connectivity index (χ2v) is 5.22. The largest absolute Gasteiger partial charge is 0.497 e. The Bertz CT molecular complexity index is 705. The molecule has 0 fully saturated rings. The fraction of sp³-hybridized carbons (Fsp3) is 0.158. The highest BCUT2D eigenvalue weighted by molar-refractivity contribution is 6.42. The Hall–Kier alpha value is -2.88. The SMILES string of the molecule is C=C(C)[C@H](NC(=O)C(=O)c1ccc(OC)cc1)c1ccccc1. The molecule has 1 atom stereocenters. The third kappa shape index (κ3) is 4.07. The molecule has 2 aromatic carbocycles. The first-order chi connectivity index (χ1) is 11.0. The zero-order valence-electron chi connectivity index (χ0n) is 13.2. The fourth-order valence-corrected chi connectivity index (χ4v) is 2.21. The predicted molar refractivity (Wildman–Crippen MR) is 89.5 cm³/mol. The maximum Gasteiger partial charge on any atom is 0.293 e. The minimum atomic E-state index is -0.660.